The van der Waals surface area contributed by atoms with E-state index in [0.717, 1.165) is 64.7 Å². The molecule has 0 fully saturated rings. The summed E-state index contributed by atoms with van der Waals surface area (Å²) in [6.45, 7) is 4.31. The third kappa shape index (κ3) is 3.83. The van der Waals surface area contributed by atoms with Crippen molar-refractivity contribution < 1.29 is 0 Å². The average Bonchev–Trinajstić information content (AvgIpc) is 3.55. The lowest BCUT2D eigenvalue weighted by atomic mass is 10.0. The number of fused-ring (bicyclic) bond motifs is 3. The van der Waals surface area contributed by atoms with Gasteiger partial charge in [0, 0.05) is 36.1 Å². The lowest BCUT2D eigenvalue weighted by molar-refractivity contribution is 0.779. The summed E-state index contributed by atoms with van der Waals surface area (Å²) < 4.78 is 4.08. The Bertz CT molecular complexity index is 1760. The predicted molar refractivity (Wildman–Crippen MR) is 140 cm³/mol. The fourth-order valence-electron chi connectivity index (χ4n) is 5.02. The van der Waals surface area contributed by atoms with Crippen LogP contribution in [0.1, 0.15) is 36.2 Å². The Morgan fingerprint density at radius 2 is 1.71 bits per heavy atom. The average molecular weight is 465 g/mol. The first kappa shape index (κ1) is 21.4. The van der Waals surface area contributed by atoms with Crippen molar-refractivity contribution in [3.63, 3.8) is 0 Å². The molecule has 7 heteroatoms. The Morgan fingerprint density at radius 3 is 2.51 bits per heavy atom. The number of imidazole rings is 2. The second kappa shape index (κ2) is 8.27. The van der Waals surface area contributed by atoms with Gasteiger partial charge in [0.05, 0.1) is 22.2 Å². The van der Waals surface area contributed by atoms with Crippen molar-refractivity contribution in [1.82, 2.24) is 29.1 Å². The third-order valence-electron chi connectivity index (χ3n) is 6.87. The zero-order valence-corrected chi connectivity index (χ0v) is 20.2. The minimum absolute atomic E-state index is 0.187. The molecule has 4 aromatic heterocycles. The molecule has 0 aliphatic heterocycles. The number of aromatic amines is 2. The molecule has 0 amide bonds. The Labute approximate surface area is 202 Å². The molecule has 7 nitrogen and oxygen atoms in total. The van der Waals surface area contributed by atoms with Crippen LogP contribution >= 0.6 is 0 Å². The van der Waals surface area contributed by atoms with Gasteiger partial charge in [0.1, 0.15) is 5.65 Å². The fraction of sp³-hybridized carbons (Fsp3) is 0.250. The molecule has 0 radical (unpaired) electrons. The first-order valence-corrected chi connectivity index (χ1v) is 12.2. The zero-order chi connectivity index (χ0) is 24.1. The van der Waals surface area contributed by atoms with E-state index in [2.05, 4.69) is 75.9 Å². The van der Waals surface area contributed by atoms with E-state index in [-0.39, 0.29) is 5.69 Å². The maximum absolute atomic E-state index is 11.8. The first-order valence-electron chi connectivity index (χ1n) is 12.2. The summed E-state index contributed by atoms with van der Waals surface area (Å²) in [6.07, 6.45) is 7.84. The summed E-state index contributed by atoms with van der Waals surface area (Å²) in [6, 6.07) is 15.1. The van der Waals surface area contributed by atoms with Gasteiger partial charge in [-0.05, 0) is 72.7 Å². The molecule has 2 aromatic carbocycles. The number of hydrogen-bond acceptors (Lipinski definition) is 3. The molecular weight excluding hydrogens is 436 g/mol. The van der Waals surface area contributed by atoms with Gasteiger partial charge in [0.15, 0.2) is 0 Å². The van der Waals surface area contributed by atoms with Crippen LogP contribution in [-0.2, 0) is 32.7 Å². The molecule has 6 rings (SSSR count). The summed E-state index contributed by atoms with van der Waals surface area (Å²) in [5, 5.41) is 5.72. The van der Waals surface area contributed by atoms with E-state index >= 15 is 0 Å². The number of hydrogen-bond donors (Lipinski definition) is 2. The molecule has 0 spiro atoms. The molecule has 2 N–H and O–H groups in total. The summed E-state index contributed by atoms with van der Waals surface area (Å²) in [4.78, 5) is 22.6. The SMILES string of the molecule is CCc1cc(CCc2ccc3cn(C)nc3c2)n2cc(-c3cc4[nH]c(=O)[nH]c4cc3CC)nc2c1. The van der Waals surface area contributed by atoms with Crippen molar-refractivity contribution in [1.29, 1.82) is 0 Å². The standard InChI is InChI=1S/C28H28N6O/c1-4-17-10-21(9-7-18-6-8-20-15-33(3)32-23(20)11-18)34-16-26(29-27(34)12-17)22-14-25-24(13-19(22)5-2)30-28(35)31-25/h6,8,10-16H,4-5,7,9H2,1-3H3,(H2,30,31,35). The normalized spacial score (nSPS) is 11.9. The van der Waals surface area contributed by atoms with Crippen LogP contribution in [0, 0.1) is 0 Å². The number of pyridine rings is 1. The summed E-state index contributed by atoms with van der Waals surface area (Å²) >= 11 is 0. The maximum Gasteiger partial charge on any atom is 0.323 e. The van der Waals surface area contributed by atoms with Crippen LogP contribution in [0.4, 0.5) is 0 Å². The summed E-state index contributed by atoms with van der Waals surface area (Å²) in [5.41, 5.74) is 10.4. The van der Waals surface area contributed by atoms with E-state index in [1.807, 2.05) is 24.0 Å². The Balaban J connectivity index is 1.40. The molecule has 35 heavy (non-hydrogen) atoms. The van der Waals surface area contributed by atoms with Gasteiger partial charge < -0.3 is 14.4 Å². The van der Waals surface area contributed by atoms with E-state index in [9.17, 15) is 4.79 Å². The number of rotatable bonds is 6. The minimum atomic E-state index is -0.187. The highest BCUT2D eigenvalue weighted by molar-refractivity contribution is 5.83. The van der Waals surface area contributed by atoms with Gasteiger partial charge in [-0.3, -0.25) is 4.68 Å². The largest absolute Gasteiger partial charge is 0.323 e. The maximum atomic E-state index is 11.8. The van der Waals surface area contributed by atoms with Gasteiger partial charge in [-0.15, -0.1) is 0 Å². The lowest BCUT2D eigenvalue weighted by Gasteiger charge is -2.09. The second-order valence-corrected chi connectivity index (χ2v) is 9.25. The van der Waals surface area contributed by atoms with Crippen LogP contribution in [0.3, 0.4) is 0 Å². The second-order valence-electron chi connectivity index (χ2n) is 9.25. The molecule has 0 saturated heterocycles. The van der Waals surface area contributed by atoms with Crippen molar-refractivity contribution in [2.45, 2.75) is 39.5 Å². The Hall–Kier alpha value is -4.13. The number of aryl methyl sites for hydroxylation is 5. The minimum Gasteiger partial charge on any atom is -0.306 e. The number of aromatic nitrogens is 6. The van der Waals surface area contributed by atoms with Gasteiger partial charge in [-0.25, -0.2) is 9.78 Å². The van der Waals surface area contributed by atoms with E-state index in [4.69, 9.17) is 4.98 Å². The van der Waals surface area contributed by atoms with Crippen molar-refractivity contribution >= 4 is 27.6 Å². The molecule has 0 aliphatic rings. The highest BCUT2D eigenvalue weighted by Gasteiger charge is 2.14. The third-order valence-corrected chi connectivity index (χ3v) is 6.87. The number of benzene rings is 2. The highest BCUT2D eigenvalue weighted by atomic mass is 16.1. The summed E-state index contributed by atoms with van der Waals surface area (Å²) in [5.74, 6) is 0. The Kier molecular flexibility index (Phi) is 5.06. The molecule has 176 valence electrons. The quantitative estimate of drug-likeness (QED) is 0.365. The van der Waals surface area contributed by atoms with Crippen LogP contribution in [0.5, 0.6) is 0 Å². The topological polar surface area (TPSA) is 83.8 Å². The van der Waals surface area contributed by atoms with E-state index in [1.54, 1.807) is 0 Å². The molecule has 6 aromatic rings. The van der Waals surface area contributed by atoms with Crippen LogP contribution in [0.25, 0.3) is 38.8 Å². The molecular formula is C28H28N6O. The number of nitrogens with zero attached hydrogens (tertiary/aromatic N) is 4. The van der Waals surface area contributed by atoms with Gasteiger partial charge in [-0.1, -0.05) is 26.0 Å². The van der Waals surface area contributed by atoms with Crippen molar-refractivity contribution in [2.24, 2.45) is 7.05 Å². The molecule has 0 saturated carbocycles. The molecule has 4 heterocycles. The van der Waals surface area contributed by atoms with Crippen LogP contribution in [-0.4, -0.2) is 29.1 Å². The van der Waals surface area contributed by atoms with Gasteiger partial charge >= 0.3 is 5.69 Å². The van der Waals surface area contributed by atoms with Crippen molar-refractivity contribution in [3.8, 4) is 11.3 Å². The lowest BCUT2D eigenvalue weighted by Crippen LogP contribution is -2.01. The highest BCUT2D eigenvalue weighted by Crippen LogP contribution is 2.29. The first-order chi connectivity index (χ1) is 17.0. The van der Waals surface area contributed by atoms with E-state index < -0.39 is 0 Å². The molecule has 0 unspecified atom stereocenters. The van der Waals surface area contributed by atoms with E-state index in [1.165, 1.54) is 22.2 Å². The van der Waals surface area contributed by atoms with Crippen LogP contribution in [0.15, 0.2) is 59.7 Å². The zero-order valence-electron chi connectivity index (χ0n) is 20.2. The smallest absolute Gasteiger partial charge is 0.306 e. The number of H-pyrrole nitrogens is 2. The van der Waals surface area contributed by atoms with Gasteiger partial charge in [-0.2, -0.15) is 5.10 Å². The Morgan fingerprint density at radius 1 is 0.886 bits per heavy atom. The summed E-state index contributed by atoms with van der Waals surface area (Å²) in [7, 11) is 1.96. The van der Waals surface area contributed by atoms with Gasteiger partial charge in [0.2, 0.25) is 0 Å². The fourth-order valence-corrected chi connectivity index (χ4v) is 5.02. The van der Waals surface area contributed by atoms with Crippen LogP contribution in [0.2, 0.25) is 0 Å². The number of nitrogens with one attached hydrogen (secondary N) is 2. The monoisotopic (exact) mass is 464 g/mol. The van der Waals surface area contributed by atoms with Crippen molar-refractivity contribution in [2.75, 3.05) is 0 Å². The van der Waals surface area contributed by atoms with Gasteiger partial charge in [0.25, 0.3) is 0 Å². The van der Waals surface area contributed by atoms with Crippen LogP contribution < -0.4 is 5.69 Å². The van der Waals surface area contributed by atoms with Crippen molar-refractivity contribution in [3.05, 3.63) is 87.7 Å². The molecule has 0 aliphatic carbocycles. The van der Waals surface area contributed by atoms with E-state index in [0.29, 0.717) is 0 Å². The molecule has 0 bridgehead atoms. The predicted octanol–water partition coefficient (Wildman–Crippen LogP) is 4.97. The molecule has 0 atom stereocenters.